The van der Waals surface area contributed by atoms with Crippen LogP contribution in [0.25, 0.3) is 0 Å². The fourth-order valence-corrected chi connectivity index (χ4v) is 3.46. The molecule has 9 N–H and O–H groups in total. The van der Waals surface area contributed by atoms with E-state index in [0.29, 0.717) is 19.4 Å². The summed E-state index contributed by atoms with van der Waals surface area (Å²) < 4.78 is 0. The Kier molecular flexibility index (Phi) is 13.9. The Morgan fingerprint density at radius 2 is 1.38 bits per heavy atom. The number of rotatable bonds is 17. The molecule has 0 fully saturated rings. The average molecular weight is 522 g/mol. The molecule has 12 nitrogen and oxygen atoms in total. The minimum absolute atomic E-state index is 0.136. The maximum absolute atomic E-state index is 13.3. The third kappa shape index (κ3) is 11.8. The minimum atomic E-state index is -1.44. The van der Waals surface area contributed by atoms with Crippen molar-refractivity contribution in [1.29, 1.82) is 0 Å². The van der Waals surface area contributed by atoms with Crippen LogP contribution in [-0.4, -0.2) is 70.6 Å². The SMILES string of the molecule is CC(C)C(N)C(=O)NC(Cc1ccccc1)C(=O)NC(CCCCN)C(=O)NC(CCC(=O)O)C(=O)O. The van der Waals surface area contributed by atoms with Crippen molar-refractivity contribution in [3.05, 3.63) is 35.9 Å². The van der Waals surface area contributed by atoms with Crippen LogP contribution in [0, 0.1) is 5.92 Å². The van der Waals surface area contributed by atoms with Gasteiger partial charge in [-0.2, -0.15) is 0 Å². The zero-order valence-corrected chi connectivity index (χ0v) is 21.3. The van der Waals surface area contributed by atoms with E-state index < -0.39 is 60.2 Å². The highest BCUT2D eigenvalue weighted by molar-refractivity contribution is 5.94. The second-order valence-corrected chi connectivity index (χ2v) is 9.20. The summed E-state index contributed by atoms with van der Waals surface area (Å²) in [4.78, 5) is 61.3. The van der Waals surface area contributed by atoms with Crippen LogP contribution in [0.5, 0.6) is 0 Å². The van der Waals surface area contributed by atoms with Gasteiger partial charge in [-0.05, 0) is 43.7 Å². The Morgan fingerprint density at radius 3 is 1.92 bits per heavy atom. The van der Waals surface area contributed by atoms with Crippen LogP contribution < -0.4 is 27.4 Å². The second kappa shape index (κ2) is 16.3. The van der Waals surface area contributed by atoms with Crippen LogP contribution in [0.2, 0.25) is 0 Å². The summed E-state index contributed by atoms with van der Waals surface area (Å²) in [7, 11) is 0. The normalized spacial score (nSPS) is 14.2. The predicted octanol–water partition coefficient (Wildman–Crippen LogP) is -0.255. The molecule has 1 rings (SSSR count). The summed E-state index contributed by atoms with van der Waals surface area (Å²) in [5, 5.41) is 25.8. The Morgan fingerprint density at radius 1 is 0.811 bits per heavy atom. The minimum Gasteiger partial charge on any atom is -0.481 e. The van der Waals surface area contributed by atoms with Gasteiger partial charge in [0.25, 0.3) is 0 Å². The Bertz CT molecular complexity index is 910. The molecule has 0 aromatic heterocycles. The quantitative estimate of drug-likeness (QED) is 0.134. The molecule has 0 aliphatic carbocycles. The fraction of sp³-hybridized carbons (Fsp3) is 0.560. The van der Waals surface area contributed by atoms with E-state index in [0.717, 1.165) is 5.56 Å². The summed E-state index contributed by atoms with van der Waals surface area (Å²) in [5.41, 5.74) is 12.3. The molecule has 4 atom stereocenters. The molecule has 0 saturated heterocycles. The number of aliphatic carboxylic acids is 2. The summed E-state index contributed by atoms with van der Waals surface area (Å²) >= 11 is 0. The van der Waals surface area contributed by atoms with Crippen LogP contribution in [0.4, 0.5) is 0 Å². The van der Waals surface area contributed by atoms with Crippen molar-refractivity contribution in [2.45, 2.75) is 76.5 Å². The van der Waals surface area contributed by atoms with E-state index in [1.165, 1.54) is 0 Å². The van der Waals surface area contributed by atoms with Crippen molar-refractivity contribution in [3.63, 3.8) is 0 Å². The van der Waals surface area contributed by atoms with Crippen LogP contribution in [0.3, 0.4) is 0 Å². The van der Waals surface area contributed by atoms with E-state index >= 15 is 0 Å². The van der Waals surface area contributed by atoms with Gasteiger partial charge in [0.05, 0.1) is 6.04 Å². The van der Waals surface area contributed by atoms with Crippen molar-refractivity contribution in [2.24, 2.45) is 17.4 Å². The van der Waals surface area contributed by atoms with E-state index in [2.05, 4.69) is 16.0 Å². The number of benzene rings is 1. The summed E-state index contributed by atoms with van der Waals surface area (Å²) in [6, 6.07) is 4.51. The van der Waals surface area contributed by atoms with Crippen LogP contribution in [-0.2, 0) is 30.4 Å². The van der Waals surface area contributed by atoms with E-state index in [-0.39, 0.29) is 25.2 Å². The van der Waals surface area contributed by atoms with Crippen molar-refractivity contribution in [2.75, 3.05) is 6.54 Å². The molecule has 1 aromatic carbocycles. The zero-order valence-electron chi connectivity index (χ0n) is 21.3. The van der Waals surface area contributed by atoms with Gasteiger partial charge >= 0.3 is 11.9 Å². The molecule has 0 aliphatic heterocycles. The third-order valence-corrected chi connectivity index (χ3v) is 5.78. The molecule has 206 valence electrons. The maximum atomic E-state index is 13.3. The van der Waals surface area contributed by atoms with Crippen molar-refractivity contribution >= 4 is 29.7 Å². The van der Waals surface area contributed by atoms with E-state index in [9.17, 15) is 29.1 Å². The maximum Gasteiger partial charge on any atom is 0.326 e. The number of nitrogens with two attached hydrogens (primary N) is 2. The number of amides is 3. The first-order valence-electron chi connectivity index (χ1n) is 12.3. The van der Waals surface area contributed by atoms with E-state index in [4.69, 9.17) is 16.6 Å². The number of hydrogen-bond donors (Lipinski definition) is 7. The molecular weight excluding hydrogens is 482 g/mol. The third-order valence-electron chi connectivity index (χ3n) is 5.78. The zero-order chi connectivity index (χ0) is 28.0. The molecular formula is C25H39N5O7. The first kappa shape index (κ1) is 31.5. The van der Waals surface area contributed by atoms with Gasteiger partial charge in [-0.15, -0.1) is 0 Å². The van der Waals surface area contributed by atoms with E-state index in [1.807, 2.05) is 6.07 Å². The molecule has 0 radical (unpaired) electrons. The van der Waals surface area contributed by atoms with Gasteiger partial charge in [-0.3, -0.25) is 19.2 Å². The number of carbonyl (C=O) groups excluding carboxylic acids is 3. The number of carboxylic acids is 2. The molecule has 0 bridgehead atoms. The predicted molar refractivity (Wildman–Crippen MR) is 136 cm³/mol. The lowest BCUT2D eigenvalue weighted by Crippen LogP contribution is -2.58. The molecule has 0 heterocycles. The first-order chi connectivity index (χ1) is 17.5. The highest BCUT2D eigenvalue weighted by Crippen LogP contribution is 2.09. The molecule has 12 heteroatoms. The van der Waals surface area contributed by atoms with Crippen molar-refractivity contribution < 1.29 is 34.2 Å². The Labute approximate surface area is 216 Å². The molecule has 0 spiro atoms. The monoisotopic (exact) mass is 521 g/mol. The molecule has 37 heavy (non-hydrogen) atoms. The second-order valence-electron chi connectivity index (χ2n) is 9.20. The lowest BCUT2D eigenvalue weighted by Gasteiger charge is -2.26. The number of hydrogen-bond acceptors (Lipinski definition) is 7. The average Bonchev–Trinajstić information content (AvgIpc) is 2.85. The highest BCUT2D eigenvalue weighted by atomic mass is 16.4. The van der Waals surface area contributed by atoms with Crippen molar-refractivity contribution in [1.82, 2.24) is 16.0 Å². The lowest BCUT2D eigenvalue weighted by molar-refractivity contribution is -0.143. The Hall–Kier alpha value is -3.51. The number of carbonyl (C=O) groups is 5. The van der Waals surface area contributed by atoms with Gasteiger partial charge in [0.2, 0.25) is 17.7 Å². The summed E-state index contributed by atoms with van der Waals surface area (Å²) in [6.07, 6.45) is 0.556. The van der Waals surface area contributed by atoms with Crippen molar-refractivity contribution in [3.8, 4) is 0 Å². The molecule has 3 amide bonds. The Balaban J connectivity index is 3.10. The number of unbranched alkanes of at least 4 members (excludes halogenated alkanes) is 1. The van der Waals surface area contributed by atoms with Crippen LogP contribution in [0.15, 0.2) is 30.3 Å². The van der Waals surface area contributed by atoms with Gasteiger partial charge < -0.3 is 37.6 Å². The van der Waals surface area contributed by atoms with Gasteiger partial charge in [0.1, 0.15) is 18.1 Å². The van der Waals surface area contributed by atoms with Crippen LogP contribution >= 0.6 is 0 Å². The molecule has 1 aromatic rings. The van der Waals surface area contributed by atoms with Gasteiger partial charge in [-0.1, -0.05) is 44.2 Å². The van der Waals surface area contributed by atoms with Gasteiger partial charge in [0, 0.05) is 12.8 Å². The smallest absolute Gasteiger partial charge is 0.326 e. The van der Waals surface area contributed by atoms with Crippen LogP contribution in [0.1, 0.15) is 51.5 Å². The molecule has 0 saturated carbocycles. The number of carboxylic acid groups (broad SMARTS) is 2. The fourth-order valence-electron chi connectivity index (χ4n) is 3.46. The topological polar surface area (TPSA) is 214 Å². The molecule has 0 aliphatic rings. The number of nitrogens with one attached hydrogen (secondary N) is 3. The standard InChI is InChI=1S/C25H39N5O7/c1-15(2)21(27)24(35)30-19(14-16-8-4-3-5-9-16)23(34)28-17(10-6-7-13-26)22(33)29-18(25(36)37)11-12-20(31)32/h3-5,8-9,15,17-19,21H,6-7,10-14,26-27H2,1-2H3,(H,28,34)(H,29,33)(H,30,35)(H,31,32)(H,36,37). The largest absolute Gasteiger partial charge is 0.481 e. The van der Waals surface area contributed by atoms with Gasteiger partial charge in [-0.25, -0.2) is 4.79 Å². The lowest BCUT2D eigenvalue weighted by atomic mass is 10.0. The molecule has 4 unspecified atom stereocenters. The highest BCUT2D eigenvalue weighted by Gasteiger charge is 2.31. The summed E-state index contributed by atoms with van der Waals surface area (Å²) in [5.74, 6) is -4.69. The van der Waals surface area contributed by atoms with Gasteiger partial charge in [0.15, 0.2) is 0 Å². The van der Waals surface area contributed by atoms with E-state index in [1.54, 1.807) is 38.1 Å². The summed E-state index contributed by atoms with van der Waals surface area (Å²) in [6.45, 7) is 3.91. The first-order valence-corrected chi connectivity index (χ1v) is 12.3.